The predicted molar refractivity (Wildman–Crippen MR) is 122 cm³/mol. The lowest BCUT2D eigenvalue weighted by molar-refractivity contribution is -0.295. The normalized spacial score (nSPS) is 14.2. The minimum atomic E-state index is -5.92. The van der Waals surface area contributed by atoms with Crippen molar-refractivity contribution in [2.24, 2.45) is 11.1 Å². The van der Waals surface area contributed by atoms with Crippen molar-refractivity contribution in [1.82, 2.24) is 10.6 Å². The van der Waals surface area contributed by atoms with Gasteiger partial charge in [0.2, 0.25) is 15.9 Å². The van der Waals surface area contributed by atoms with Crippen LogP contribution >= 0.6 is 0 Å². The fourth-order valence-electron chi connectivity index (χ4n) is 3.45. The maximum atomic E-state index is 14.6. The van der Waals surface area contributed by atoms with Gasteiger partial charge in [-0.25, -0.2) is 13.6 Å². The Kier molecular flexibility index (Phi) is 9.17. The number of nitrogens with two attached hydrogens (primary N) is 1. The molecule has 0 aliphatic rings. The zero-order chi connectivity index (χ0) is 27.3. The van der Waals surface area contributed by atoms with Crippen LogP contribution in [0.3, 0.4) is 0 Å². The van der Waals surface area contributed by atoms with Gasteiger partial charge in [0.1, 0.15) is 12.6 Å². The molecule has 7 nitrogen and oxygen atoms in total. The molecule has 0 fully saturated rings. The first kappa shape index (κ1) is 29.2. The minimum absolute atomic E-state index is 0.0593. The lowest BCUT2D eigenvalue weighted by atomic mass is 9.94. The number of carbonyl (C=O) groups excluding carboxylic acids is 1. The molecular formula is C23H25F5N4O3S. The number of nitriles is 1. The summed E-state index contributed by atoms with van der Waals surface area (Å²) in [7, 11) is -3.93. The van der Waals surface area contributed by atoms with Gasteiger partial charge in [0.25, 0.3) is 0 Å². The molecule has 0 saturated heterocycles. The fraction of sp³-hybridized carbons (Fsp3) is 0.391. The zero-order valence-electron chi connectivity index (χ0n) is 19.3. The molecule has 1 amide bonds. The number of primary sulfonamides is 1. The van der Waals surface area contributed by atoms with E-state index in [1.165, 1.54) is 36.4 Å². The number of hydrogen-bond acceptors (Lipinski definition) is 5. The molecule has 0 saturated carbocycles. The van der Waals surface area contributed by atoms with E-state index in [4.69, 9.17) is 10.4 Å². The lowest BCUT2D eigenvalue weighted by Crippen LogP contribution is -2.54. The van der Waals surface area contributed by atoms with Crippen LogP contribution in [-0.2, 0) is 14.8 Å². The Morgan fingerprint density at radius 2 is 1.50 bits per heavy atom. The minimum Gasteiger partial charge on any atom is -0.342 e. The molecule has 0 spiro atoms. The van der Waals surface area contributed by atoms with E-state index in [9.17, 15) is 35.2 Å². The summed E-state index contributed by atoms with van der Waals surface area (Å²) in [6.07, 6.45) is -5.98. The van der Waals surface area contributed by atoms with E-state index in [1.54, 1.807) is 19.9 Å². The molecule has 0 bridgehead atoms. The van der Waals surface area contributed by atoms with Crippen LogP contribution in [-0.4, -0.2) is 39.0 Å². The topological polar surface area (TPSA) is 125 Å². The second kappa shape index (κ2) is 11.3. The SMILES string of the molecule is CC(C)C[C@H](N[C@@H](c1ccc(-c2ccc(S(N)(=O)=O)cc2)cc1)C(F)(F)C(F)(F)F)C(=O)NCC#N. The Morgan fingerprint density at radius 3 is 1.92 bits per heavy atom. The summed E-state index contributed by atoms with van der Waals surface area (Å²) in [5.41, 5.74) is 0.456. The van der Waals surface area contributed by atoms with E-state index in [2.05, 4.69) is 10.6 Å². The number of alkyl halides is 5. The third-order valence-corrected chi connectivity index (χ3v) is 6.16. The van der Waals surface area contributed by atoms with Crippen LogP contribution in [0.5, 0.6) is 0 Å². The maximum absolute atomic E-state index is 14.6. The van der Waals surface area contributed by atoms with Gasteiger partial charge in [0.15, 0.2) is 0 Å². The molecule has 2 aromatic carbocycles. The monoisotopic (exact) mass is 532 g/mol. The van der Waals surface area contributed by atoms with Gasteiger partial charge in [0.05, 0.1) is 17.0 Å². The number of halogens is 5. The molecule has 0 aromatic heterocycles. The first-order chi connectivity index (χ1) is 16.6. The standard InChI is InChI=1S/C23H25F5N4O3S/c1-14(2)13-19(21(33)31-12-11-29)32-20(22(24,25)23(26,27)28)17-5-3-15(4-6-17)16-7-9-18(10-8-16)36(30,34)35/h3-10,14,19-20,32H,12-13H2,1-2H3,(H,31,33)(H2,30,34,35)/t19-,20-/m0/s1. The van der Waals surface area contributed by atoms with Crippen LogP contribution in [0.2, 0.25) is 0 Å². The van der Waals surface area contributed by atoms with Crippen LogP contribution in [0.15, 0.2) is 53.4 Å². The third kappa shape index (κ3) is 7.22. The first-order valence-electron chi connectivity index (χ1n) is 10.7. The molecule has 196 valence electrons. The molecule has 0 unspecified atom stereocenters. The van der Waals surface area contributed by atoms with E-state index in [0.717, 1.165) is 12.1 Å². The molecule has 0 aliphatic carbocycles. The number of amides is 1. The van der Waals surface area contributed by atoms with Crippen molar-refractivity contribution in [3.63, 3.8) is 0 Å². The Bertz CT molecular complexity index is 1190. The van der Waals surface area contributed by atoms with Crippen molar-refractivity contribution in [3.05, 3.63) is 54.1 Å². The number of nitrogens with zero attached hydrogens (tertiary/aromatic N) is 1. The molecular weight excluding hydrogens is 507 g/mol. The van der Waals surface area contributed by atoms with Crippen LogP contribution in [0.1, 0.15) is 31.9 Å². The molecule has 0 radical (unpaired) electrons. The molecule has 13 heteroatoms. The van der Waals surface area contributed by atoms with E-state index < -0.39 is 52.2 Å². The second-order valence-corrected chi connectivity index (χ2v) is 10.0. The Morgan fingerprint density at radius 1 is 1.00 bits per heavy atom. The third-order valence-electron chi connectivity index (χ3n) is 5.23. The highest BCUT2D eigenvalue weighted by Crippen LogP contribution is 2.45. The first-order valence-corrected chi connectivity index (χ1v) is 12.2. The summed E-state index contributed by atoms with van der Waals surface area (Å²) in [6.45, 7) is 2.90. The number of hydrogen-bond donors (Lipinski definition) is 3. The molecule has 2 aromatic rings. The Hall–Kier alpha value is -3.08. The van der Waals surface area contributed by atoms with Crippen molar-refractivity contribution in [2.75, 3.05) is 6.54 Å². The smallest absolute Gasteiger partial charge is 0.342 e. The van der Waals surface area contributed by atoms with Gasteiger partial charge in [-0.3, -0.25) is 10.1 Å². The van der Waals surface area contributed by atoms with Crippen LogP contribution < -0.4 is 15.8 Å². The van der Waals surface area contributed by atoms with Crippen LogP contribution in [0, 0.1) is 17.2 Å². The number of benzene rings is 2. The van der Waals surface area contributed by atoms with Crippen molar-refractivity contribution in [2.45, 2.75) is 49.3 Å². The molecule has 2 rings (SSSR count). The van der Waals surface area contributed by atoms with Crippen molar-refractivity contribution in [3.8, 4) is 17.2 Å². The van der Waals surface area contributed by atoms with E-state index in [0.29, 0.717) is 11.1 Å². The highest BCUT2D eigenvalue weighted by atomic mass is 32.2. The molecule has 0 heterocycles. The van der Waals surface area contributed by atoms with Gasteiger partial charge in [-0.05, 0) is 41.2 Å². The predicted octanol–water partition coefficient (Wildman–Crippen LogP) is 3.88. The van der Waals surface area contributed by atoms with Gasteiger partial charge in [-0.1, -0.05) is 50.2 Å². The summed E-state index contributed by atoms with van der Waals surface area (Å²) in [6, 6.07) is 7.65. The van der Waals surface area contributed by atoms with E-state index in [1.807, 2.05) is 0 Å². The molecule has 4 N–H and O–H groups in total. The second-order valence-electron chi connectivity index (χ2n) is 8.47. The zero-order valence-corrected chi connectivity index (χ0v) is 20.1. The average Bonchev–Trinajstić information content (AvgIpc) is 2.78. The summed E-state index contributed by atoms with van der Waals surface area (Å²) < 4.78 is 92.2. The largest absolute Gasteiger partial charge is 0.455 e. The van der Waals surface area contributed by atoms with Crippen molar-refractivity contribution < 1.29 is 35.2 Å². The average molecular weight is 533 g/mol. The lowest BCUT2D eigenvalue weighted by Gasteiger charge is -2.33. The summed E-state index contributed by atoms with van der Waals surface area (Å²) >= 11 is 0. The Balaban J connectivity index is 2.45. The molecule has 36 heavy (non-hydrogen) atoms. The van der Waals surface area contributed by atoms with Crippen molar-refractivity contribution >= 4 is 15.9 Å². The quantitative estimate of drug-likeness (QED) is 0.316. The Labute approximate surface area is 205 Å². The van der Waals surface area contributed by atoms with Crippen LogP contribution in [0.25, 0.3) is 11.1 Å². The summed E-state index contributed by atoms with van der Waals surface area (Å²) in [5, 5.41) is 18.1. The molecule has 2 atom stereocenters. The van der Waals surface area contributed by atoms with E-state index >= 15 is 0 Å². The maximum Gasteiger partial charge on any atom is 0.455 e. The summed E-state index contributed by atoms with van der Waals surface area (Å²) in [4.78, 5) is 12.3. The van der Waals surface area contributed by atoms with Crippen LogP contribution in [0.4, 0.5) is 22.0 Å². The number of nitrogens with one attached hydrogen (secondary N) is 2. The van der Waals surface area contributed by atoms with Gasteiger partial charge >= 0.3 is 12.1 Å². The number of carbonyl (C=O) groups is 1. The van der Waals surface area contributed by atoms with Gasteiger partial charge in [-0.15, -0.1) is 0 Å². The van der Waals surface area contributed by atoms with Gasteiger partial charge in [0, 0.05) is 0 Å². The van der Waals surface area contributed by atoms with Gasteiger partial charge < -0.3 is 5.32 Å². The molecule has 0 aliphatic heterocycles. The number of rotatable bonds is 10. The highest BCUT2D eigenvalue weighted by Gasteiger charge is 2.63. The van der Waals surface area contributed by atoms with Crippen molar-refractivity contribution in [1.29, 1.82) is 5.26 Å². The number of sulfonamides is 1. The fourth-order valence-corrected chi connectivity index (χ4v) is 3.97. The summed E-state index contributed by atoms with van der Waals surface area (Å²) in [5.74, 6) is -6.35. The highest BCUT2D eigenvalue weighted by molar-refractivity contribution is 7.89. The van der Waals surface area contributed by atoms with E-state index in [-0.39, 0.29) is 17.2 Å². The van der Waals surface area contributed by atoms with Gasteiger partial charge in [-0.2, -0.15) is 27.2 Å².